The summed E-state index contributed by atoms with van der Waals surface area (Å²) in [6, 6.07) is 12.2. The molecule has 0 spiro atoms. The van der Waals surface area contributed by atoms with Crippen LogP contribution in [0.4, 0.5) is 0 Å². The number of rotatable bonds is 4. The van der Waals surface area contributed by atoms with E-state index in [0.717, 1.165) is 10.0 Å². The van der Waals surface area contributed by atoms with Crippen LogP contribution in [0.15, 0.2) is 46.9 Å². The van der Waals surface area contributed by atoms with E-state index >= 15 is 0 Å². The molecule has 4 nitrogen and oxygen atoms in total. The summed E-state index contributed by atoms with van der Waals surface area (Å²) in [5.74, 6) is 0.208. The Hall–Kier alpha value is -1.56. The van der Waals surface area contributed by atoms with Gasteiger partial charge in [-0.3, -0.25) is 0 Å². The fourth-order valence-corrected chi connectivity index (χ4v) is 3.20. The number of esters is 1. The van der Waals surface area contributed by atoms with Crippen molar-refractivity contribution in [2.75, 3.05) is 19.8 Å². The predicted molar refractivity (Wildman–Crippen MR) is 94.8 cm³/mol. The molecule has 0 unspecified atom stereocenters. The fraction of sp³-hybridized carbons (Fsp3) is 0.278. The molecule has 1 N–H and O–H groups in total. The van der Waals surface area contributed by atoms with Crippen molar-refractivity contribution >= 4 is 33.5 Å². The molecular formula is C18H16BrClO4. The summed E-state index contributed by atoms with van der Waals surface area (Å²) in [7, 11) is 0. The first-order valence-corrected chi connectivity index (χ1v) is 8.67. The molecule has 0 amide bonds. The predicted octanol–water partition coefficient (Wildman–Crippen LogP) is 3.97. The van der Waals surface area contributed by atoms with E-state index in [0.29, 0.717) is 29.4 Å². The van der Waals surface area contributed by atoms with Gasteiger partial charge in [-0.15, -0.1) is 0 Å². The molecular weight excluding hydrogens is 396 g/mol. The Morgan fingerprint density at radius 3 is 2.75 bits per heavy atom. The highest BCUT2D eigenvalue weighted by Crippen LogP contribution is 2.40. The van der Waals surface area contributed by atoms with Crippen molar-refractivity contribution in [2.45, 2.75) is 11.8 Å². The van der Waals surface area contributed by atoms with Gasteiger partial charge in [0.15, 0.2) is 0 Å². The summed E-state index contributed by atoms with van der Waals surface area (Å²) in [6.45, 7) is 0.374. The minimum absolute atomic E-state index is 0.0798. The maximum Gasteiger partial charge on any atom is 0.338 e. The van der Waals surface area contributed by atoms with Crippen LogP contribution in [0.2, 0.25) is 5.02 Å². The lowest BCUT2D eigenvalue weighted by molar-refractivity contribution is 0.0229. The van der Waals surface area contributed by atoms with Crippen LogP contribution in [0.3, 0.4) is 0 Å². The number of carbonyl (C=O) groups excluding carboxylic acids is 1. The van der Waals surface area contributed by atoms with Crippen LogP contribution in [0.5, 0.6) is 5.75 Å². The molecule has 2 aromatic rings. The van der Waals surface area contributed by atoms with Gasteiger partial charge in [0.05, 0.1) is 24.2 Å². The molecule has 126 valence electrons. The molecule has 3 rings (SSSR count). The molecule has 0 radical (unpaired) electrons. The number of benzene rings is 2. The van der Waals surface area contributed by atoms with Gasteiger partial charge in [0.25, 0.3) is 0 Å². The van der Waals surface area contributed by atoms with Crippen molar-refractivity contribution in [3.8, 4) is 5.75 Å². The molecule has 24 heavy (non-hydrogen) atoms. The van der Waals surface area contributed by atoms with Crippen LogP contribution >= 0.6 is 27.5 Å². The molecule has 0 fully saturated rings. The van der Waals surface area contributed by atoms with Gasteiger partial charge in [-0.05, 0) is 42.8 Å². The Balaban J connectivity index is 1.80. The molecule has 1 atom stereocenters. The van der Waals surface area contributed by atoms with Gasteiger partial charge in [0.2, 0.25) is 0 Å². The zero-order valence-corrected chi connectivity index (χ0v) is 15.1. The lowest BCUT2D eigenvalue weighted by Crippen LogP contribution is -2.41. The van der Waals surface area contributed by atoms with Gasteiger partial charge < -0.3 is 14.6 Å². The summed E-state index contributed by atoms with van der Waals surface area (Å²) < 4.78 is 12.0. The van der Waals surface area contributed by atoms with Crippen LogP contribution in [0, 0.1) is 0 Å². The quantitative estimate of drug-likeness (QED) is 0.774. The van der Waals surface area contributed by atoms with Crippen molar-refractivity contribution in [1.29, 1.82) is 0 Å². The Labute approximate surface area is 153 Å². The largest absolute Gasteiger partial charge is 0.493 e. The van der Waals surface area contributed by atoms with Gasteiger partial charge in [0.1, 0.15) is 12.4 Å². The second-order valence-electron chi connectivity index (χ2n) is 5.76. The average Bonchev–Trinajstić information content (AvgIpc) is 2.59. The topological polar surface area (TPSA) is 55.8 Å². The van der Waals surface area contributed by atoms with E-state index in [-0.39, 0.29) is 13.2 Å². The average molecular weight is 412 g/mol. The second kappa shape index (κ2) is 7.13. The number of carbonyl (C=O) groups is 1. The monoisotopic (exact) mass is 410 g/mol. The van der Waals surface area contributed by atoms with E-state index in [4.69, 9.17) is 21.1 Å². The molecule has 1 aliphatic heterocycles. The summed E-state index contributed by atoms with van der Waals surface area (Å²) in [5, 5.41) is 10.6. The lowest BCUT2D eigenvalue weighted by Gasteiger charge is -2.36. The molecule has 6 heteroatoms. The zero-order chi connectivity index (χ0) is 17.2. The van der Waals surface area contributed by atoms with Gasteiger partial charge in [0, 0.05) is 15.1 Å². The highest BCUT2D eigenvalue weighted by Gasteiger charge is 2.39. The van der Waals surface area contributed by atoms with Crippen LogP contribution in [0.25, 0.3) is 0 Å². The fourth-order valence-electron chi connectivity index (χ4n) is 2.78. The molecule has 1 aliphatic rings. The maximum absolute atomic E-state index is 12.3. The Kier molecular flexibility index (Phi) is 5.13. The number of ether oxygens (including phenoxy) is 2. The number of aliphatic hydroxyl groups excluding tert-OH is 1. The first-order valence-electron chi connectivity index (χ1n) is 7.50. The Bertz CT molecular complexity index is 747. The third kappa shape index (κ3) is 3.43. The lowest BCUT2D eigenvalue weighted by atomic mass is 9.77. The van der Waals surface area contributed by atoms with Crippen molar-refractivity contribution < 1.29 is 19.4 Å². The number of aliphatic hydroxyl groups is 1. The van der Waals surface area contributed by atoms with E-state index in [1.165, 1.54) is 0 Å². The Morgan fingerprint density at radius 1 is 1.29 bits per heavy atom. The standard InChI is InChI=1S/C18H16BrClO4/c19-13-3-1-12(2-4-13)17(22)24-11-18(10-21)7-8-23-16-9-14(20)5-6-15(16)18/h1-6,9,21H,7-8,10-11H2/t18-/m0/s1. The summed E-state index contributed by atoms with van der Waals surface area (Å²) in [6.07, 6.45) is 0.561. The van der Waals surface area contributed by atoms with Crippen molar-refractivity contribution in [2.24, 2.45) is 0 Å². The third-order valence-corrected chi connectivity index (χ3v) is 4.98. The van der Waals surface area contributed by atoms with Crippen LogP contribution in [-0.4, -0.2) is 30.9 Å². The molecule has 0 bridgehead atoms. The van der Waals surface area contributed by atoms with E-state index in [1.807, 2.05) is 6.07 Å². The number of hydrogen-bond acceptors (Lipinski definition) is 4. The molecule has 0 aromatic heterocycles. The van der Waals surface area contributed by atoms with Gasteiger partial charge in [-0.25, -0.2) is 4.79 Å². The van der Waals surface area contributed by atoms with E-state index < -0.39 is 11.4 Å². The zero-order valence-electron chi connectivity index (χ0n) is 12.8. The molecule has 0 saturated carbocycles. The summed E-state index contributed by atoms with van der Waals surface area (Å²) in [4.78, 5) is 12.3. The van der Waals surface area contributed by atoms with Gasteiger partial charge in [-0.1, -0.05) is 33.6 Å². The molecule has 0 aliphatic carbocycles. The number of hydrogen-bond donors (Lipinski definition) is 1. The normalized spacial score (nSPS) is 19.3. The molecule has 1 heterocycles. The Morgan fingerprint density at radius 2 is 2.04 bits per heavy atom. The summed E-state index contributed by atoms with van der Waals surface area (Å²) in [5.41, 5.74) is 0.599. The minimum atomic E-state index is -0.677. The van der Waals surface area contributed by atoms with Gasteiger partial charge in [-0.2, -0.15) is 0 Å². The van der Waals surface area contributed by atoms with E-state index in [9.17, 15) is 9.90 Å². The number of fused-ring (bicyclic) bond motifs is 1. The van der Waals surface area contributed by atoms with Crippen molar-refractivity contribution in [1.82, 2.24) is 0 Å². The van der Waals surface area contributed by atoms with Crippen LogP contribution in [0.1, 0.15) is 22.3 Å². The second-order valence-corrected chi connectivity index (χ2v) is 7.11. The highest BCUT2D eigenvalue weighted by atomic mass is 79.9. The van der Waals surface area contributed by atoms with E-state index in [1.54, 1.807) is 36.4 Å². The number of halogens is 2. The molecule has 2 aromatic carbocycles. The third-order valence-electron chi connectivity index (χ3n) is 4.22. The van der Waals surface area contributed by atoms with Gasteiger partial charge >= 0.3 is 5.97 Å². The minimum Gasteiger partial charge on any atom is -0.493 e. The van der Waals surface area contributed by atoms with E-state index in [2.05, 4.69) is 15.9 Å². The van der Waals surface area contributed by atoms with Crippen LogP contribution < -0.4 is 4.74 Å². The first kappa shape index (κ1) is 17.3. The summed E-state index contributed by atoms with van der Waals surface area (Å²) >= 11 is 9.33. The van der Waals surface area contributed by atoms with Crippen molar-refractivity contribution in [3.05, 3.63) is 63.1 Å². The highest BCUT2D eigenvalue weighted by molar-refractivity contribution is 9.10. The molecule has 0 saturated heterocycles. The van der Waals surface area contributed by atoms with Crippen LogP contribution in [-0.2, 0) is 10.2 Å². The maximum atomic E-state index is 12.3. The SMILES string of the molecule is O=C(OC[C@@]1(CO)CCOc2cc(Cl)ccc21)c1ccc(Br)cc1. The van der Waals surface area contributed by atoms with Crippen molar-refractivity contribution in [3.63, 3.8) is 0 Å². The smallest absolute Gasteiger partial charge is 0.338 e. The first-order chi connectivity index (χ1) is 11.5.